The summed E-state index contributed by atoms with van der Waals surface area (Å²) in [6, 6.07) is 69.3. The van der Waals surface area contributed by atoms with Crippen molar-refractivity contribution < 1.29 is 4.42 Å². The number of aromatic nitrogens is 3. The van der Waals surface area contributed by atoms with E-state index in [-0.39, 0.29) is 0 Å². The van der Waals surface area contributed by atoms with Gasteiger partial charge in [0.05, 0.1) is 0 Å². The first-order valence-electron chi connectivity index (χ1n) is 18.4. The normalized spacial score (nSPS) is 11.3. The number of fused-ring (bicyclic) bond motifs is 3. The van der Waals surface area contributed by atoms with E-state index >= 15 is 0 Å². The van der Waals surface area contributed by atoms with Gasteiger partial charge in [-0.05, 0) is 68.8 Å². The molecule has 55 heavy (non-hydrogen) atoms. The monoisotopic (exact) mass is 703 g/mol. The van der Waals surface area contributed by atoms with E-state index in [1.807, 2.05) is 36.4 Å². The third-order valence-electron chi connectivity index (χ3n) is 10.2. The molecule has 0 saturated carbocycles. The first-order valence-corrected chi connectivity index (χ1v) is 18.4. The molecule has 0 N–H and O–H groups in total. The molecule has 0 aliphatic carbocycles. The third kappa shape index (κ3) is 6.16. The highest BCUT2D eigenvalue weighted by atomic mass is 16.3. The predicted octanol–water partition coefficient (Wildman–Crippen LogP) is 13.4. The molecule has 10 aromatic rings. The van der Waals surface area contributed by atoms with E-state index < -0.39 is 0 Å². The molecule has 0 spiro atoms. The topological polar surface area (TPSA) is 51.8 Å². The van der Waals surface area contributed by atoms with Crippen molar-refractivity contribution in [2.45, 2.75) is 0 Å². The van der Waals surface area contributed by atoms with Crippen LogP contribution in [-0.2, 0) is 0 Å². The Balaban J connectivity index is 1.18. The molecule has 0 saturated heterocycles. The quantitative estimate of drug-likeness (QED) is 0.166. The van der Waals surface area contributed by atoms with Crippen LogP contribution in [0.25, 0.3) is 101 Å². The zero-order valence-electron chi connectivity index (χ0n) is 29.8. The Hall–Kier alpha value is -7.43. The Labute approximate surface area is 319 Å². The Morgan fingerprint density at radius 2 is 0.764 bits per heavy atom. The van der Waals surface area contributed by atoms with E-state index in [1.165, 1.54) is 0 Å². The molecule has 10 rings (SSSR count). The summed E-state index contributed by atoms with van der Waals surface area (Å²) in [4.78, 5) is 15.6. The van der Waals surface area contributed by atoms with Gasteiger partial charge in [0.15, 0.2) is 17.5 Å². The highest BCUT2D eigenvalue weighted by Gasteiger charge is 2.19. The van der Waals surface area contributed by atoms with Crippen molar-refractivity contribution in [1.82, 2.24) is 15.0 Å². The van der Waals surface area contributed by atoms with Crippen LogP contribution in [0.2, 0.25) is 0 Å². The minimum absolute atomic E-state index is 0.582. The van der Waals surface area contributed by atoms with Gasteiger partial charge in [0.2, 0.25) is 0 Å². The Morgan fingerprint density at radius 1 is 0.273 bits per heavy atom. The average Bonchev–Trinajstić information content (AvgIpc) is 3.66. The molecule has 8 aromatic carbocycles. The molecule has 2 heterocycles. The summed E-state index contributed by atoms with van der Waals surface area (Å²) in [6.07, 6.45) is 0. The van der Waals surface area contributed by atoms with E-state index in [9.17, 15) is 0 Å². The molecule has 0 aliphatic rings. The first kappa shape index (κ1) is 32.2. The van der Waals surface area contributed by atoms with Gasteiger partial charge in [-0.3, -0.25) is 0 Å². The molecule has 0 bridgehead atoms. The van der Waals surface area contributed by atoms with Gasteiger partial charge in [-0.2, -0.15) is 0 Å². The standard InChI is InChI=1S/C51H33N3O/c1-5-14-34(15-6-1)36-24-26-39(27-25-36)49-52-50(41-28-30-42(37-18-9-3-10-19-37)44(33-41)38-20-11-4-12-21-38)54-51(53-49)43-22-13-23-47-48(43)45-32-40(29-31-46(45)55-47)35-16-7-2-8-17-35/h1-33H. The van der Waals surface area contributed by atoms with E-state index in [4.69, 9.17) is 19.4 Å². The van der Waals surface area contributed by atoms with Crippen LogP contribution < -0.4 is 0 Å². The van der Waals surface area contributed by atoms with Crippen LogP contribution in [0.1, 0.15) is 0 Å². The van der Waals surface area contributed by atoms with Gasteiger partial charge >= 0.3 is 0 Å². The average molecular weight is 704 g/mol. The van der Waals surface area contributed by atoms with Crippen molar-refractivity contribution in [2.75, 3.05) is 0 Å². The molecule has 0 atom stereocenters. The van der Waals surface area contributed by atoms with E-state index in [2.05, 4.69) is 164 Å². The van der Waals surface area contributed by atoms with Crippen molar-refractivity contribution in [2.24, 2.45) is 0 Å². The van der Waals surface area contributed by atoms with Gasteiger partial charge in [-0.25, -0.2) is 15.0 Å². The zero-order chi connectivity index (χ0) is 36.6. The fourth-order valence-corrected chi connectivity index (χ4v) is 7.43. The number of nitrogens with zero attached hydrogens (tertiary/aromatic N) is 3. The van der Waals surface area contributed by atoms with Crippen LogP contribution in [0, 0.1) is 0 Å². The largest absolute Gasteiger partial charge is 0.456 e. The first-order chi connectivity index (χ1) is 27.2. The maximum atomic E-state index is 6.44. The highest BCUT2D eigenvalue weighted by Crippen LogP contribution is 2.40. The minimum Gasteiger partial charge on any atom is -0.456 e. The number of rotatable bonds is 7. The van der Waals surface area contributed by atoms with Crippen molar-refractivity contribution in [1.29, 1.82) is 0 Å². The van der Waals surface area contributed by atoms with E-state index in [1.54, 1.807) is 0 Å². The lowest BCUT2D eigenvalue weighted by Crippen LogP contribution is -2.01. The molecule has 0 fully saturated rings. The van der Waals surface area contributed by atoms with Crippen molar-refractivity contribution in [3.05, 3.63) is 200 Å². The maximum absolute atomic E-state index is 6.44. The molecule has 0 amide bonds. The summed E-state index contributed by atoms with van der Waals surface area (Å²) < 4.78 is 6.44. The molecule has 4 heteroatoms. The lowest BCUT2D eigenvalue weighted by molar-refractivity contribution is 0.669. The molecule has 0 unspecified atom stereocenters. The Bertz CT molecular complexity index is 2940. The van der Waals surface area contributed by atoms with Crippen LogP contribution in [0.3, 0.4) is 0 Å². The second kappa shape index (κ2) is 13.8. The molecule has 258 valence electrons. The summed E-state index contributed by atoms with van der Waals surface area (Å²) in [5, 5.41) is 1.99. The highest BCUT2D eigenvalue weighted by molar-refractivity contribution is 6.12. The van der Waals surface area contributed by atoms with E-state index in [0.717, 1.165) is 83.1 Å². The summed E-state index contributed by atoms with van der Waals surface area (Å²) in [5.41, 5.74) is 13.4. The van der Waals surface area contributed by atoms with Gasteiger partial charge in [0.1, 0.15) is 11.2 Å². The Kier molecular flexibility index (Phi) is 8.12. The summed E-state index contributed by atoms with van der Waals surface area (Å²) in [5.74, 6) is 1.78. The van der Waals surface area contributed by atoms with Gasteiger partial charge in [-0.15, -0.1) is 0 Å². The van der Waals surface area contributed by atoms with Gasteiger partial charge < -0.3 is 4.42 Å². The predicted molar refractivity (Wildman–Crippen MR) is 225 cm³/mol. The minimum atomic E-state index is 0.582. The van der Waals surface area contributed by atoms with Crippen LogP contribution >= 0.6 is 0 Å². The van der Waals surface area contributed by atoms with Crippen LogP contribution in [-0.4, -0.2) is 15.0 Å². The fraction of sp³-hybridized carbons (Fsp3) is 0. The second-order valence-corrected chi connectivity index (χ2v) is 13.6. The molecule has 0 radical (unpaired) electrons. The summed E-state index contributed by atoms with van der Waals surface area (Å²) >= 11 is 0. The fourth-order valence-electron chi connectivity index (χ4n) is 7.43. The zero-order valence-corrected chi connectivity index (χ0v) is 29.8. The van der Waals surface area contributed by atoms with Crippen LogP contribution in [0.5, 0.6) is 0 Å². The summed E-state index contributed by atoms with van der Waals surface area (Å²) in [7, 11) is 0. The van der Waals surface area contributed by atoms with Gasteiger partial charge in [0, 0.05) is 27.5 Å². The SMILES string of the molecule is c1ccc(-c2ccc(-c3nc(-c4ccc(-c5ccccc5)c(-c5ccccc5)c4)nc(-c4cccc5oc6ccc(-c7ccccc7)cc6c45)n3)cc2)cc1. The van der Waals surface area contributed by atoms with Gasteiger partial charge in [0.25, 0.3) is 0 Å². The van der Waals surface area contributed by atoms with Gasteiger partial charge in [-0.1, -0.05) is 176 Å². The molecular formula is C51H33N3O. The Morgan fingerprint density at radius 3 is 1.42 bits per heavy atom. The second-order valence-electron chi connectivity index (χ2n) is 13.6. The maximum Gasteiger partial charge on any atom is 0.164 e. The number of furan rings is 1. The molecule has 0 aliphatic heterocycles. The van der Waals surface area contributed by atoms with Crippen molar-refractivity contribution in [3.8, 4) is 78.7 Å². The summed E-state index contributed by atoms with van der Waals surface area (Å²) in [6.45, 7) is 0. The lowest BCUT2D eigenvalue weighted by atomic mass is 9.92. The van der Waals surface area contributed by atoms with Crippen molar-refractivity contribution in [3.63, 3.8) is 0 Å². The smallest absolute Gasteiger partial charge is 0.164 e. The third-order valence-corrected chi connectivity index (χ3v) is 10.2. The van der Waals surface area contributed by atoms with Crippen LogP contribution in [0.15, 0.2) is 205 Å². The lowest BCUT2D eigenvalue weighted by Gasteiger charge is -2.14. The number of hydrogen-bond donors (Lipinski definition) is 0. The van der Waals surface area contributed by atoms with Crippen molar-refractivity contribution >= 4 is 21.9 Å². The molecule has 2 aromatic heterocycles. The molecular weight excluding hydrogens is 671 g/mol. The molecule has 4 nitrogen and oxygen atoms in total. The van der Waals surface area contributed by atoms with E-state index in [0.29, 0.717) is 17.5 Å². The number of hydrogen-bond acceptors (Lipinski definition) is 4. The van der Waals surface area contributed by atoms with Crippen LogP contribution in [0.4, 0.5) is 0 Å². The number of benzene rings is 8.